The Hall–Kier alpha value is -0.209. The van der Waals surface area contributed by atoms with Crippen LogP contribution in [0.25, 0.3) is 0 Å². The van der Waals surface area contributed by atoms with E-state index in [4.69, 9.17) is 5.10 Å². The van der Waals surface area contributed by atoms with E-state index in [-0.39, 0.29) is 15.6 Å². The molecule has 24 heavy (non-hydrogen) atoms. The van der Waals surface area contributed by atoms with Crippen LogP contribution in [0.3, 0.4) is 0 Å². The number of hydrogen-bond acceptors (Lipinski definition) is 2. The van der Waals surface area contributed by atoms with Crippen molar-refractivity contribution in [1.29, 1.82) is 0 Å². The third kappa shape index (κ3) is 4.30. The van der Waals surface area contributed by atoms with Gasteiger partial charge in [0.2, 0.25) is 0 Å². The second-order valence-corrected chi connectivity index (χ2v) is 26.3. The summed E-state index contributed by atoms with van der Waals surface area (Å²) in [4.78, 5) is 0. The number of allylic oxidation sites excluding steroid dienone is 1. The molecule has 0 aromatic heterocycles. The summed E-state index contributed by atoms with van der Waals surface area (Å²) in [6.07, 6.45) is 1.97. The molecular formula is C18H39FN2Si3. The van der Waals surface area contributed by atoms with E-state index >= 15 is 4.11 Å². The van der Waals surface area contributed by atoms with Gasteiger partial charge in [0.15, 0.2) is 0 Å². The van der Waals surface area contributed by atoms with Crippen LogP contribution in [0.4, 0.5) is 4.11 Å². The fourth-order valence-corrected chi connectivity index (χ4v) is 14.6. The van der Waals surface area contributed by atoms with Crippen molar-refractivity contribution in [3.8, 4) is 0 Å². The van der Waals surface area contributed by atoms with E-state index in [0.717, 1.165) is 5.70 Å². The van der Waals surface area contributed by atoms with Crippen LogP contribution >= 0.6 is 0 Å². The van der Waals surface area contributed by atoms with Crippen molar-refractivity contribution < 1.29 is 4.11 Å². The number of nitrogens with zero attached hydrogens (tertiary/aromatic N) is 2. The van der Waals surface area contributed by atoms with Crippen LogP contribution in [0.1, 0.15) is 41.5 Å². The molecule has 0 bridgehead atoms. The Morgan fingerprint density at radius 2 is 1.50 bits per heavy atom. The molecule has 6 heteroatoms. The van der Waals surface area contributed by atoms with Crippen molar-refractivity contribution in [3.05, 3.63) is 11.4 Å². The third-order valence-corrected chi connectivity index (χ3v) is 15.6. The lowest BCUT2D eigenvalue weighted by atomic mass is 9.93. The summed E-state index contributed by atoms with van der Waals surface area (Å²) in [5.41, 5.74) is 3.36. The standard InChI is InChI=1S/C18H39FN2Si3/c1-17(2,3)15(14-22(7,8)9)21-20-13-16(23(10,11)12)24(21,19)18(4,5)6/h13-14,16H,1-12H3/b15-14-. The predicted molar refractivity (Wildman–Crippen MR) is 115 cm³/mol. The van der Waals surface area contributed by atoms with Crippen LogP contribution in [0.2, 0.25) is 49.5 Å². The molecule has 0 fully saturated rings. The smallest absolute Gasteiger partial charge is 0.282 e. The van der Waals surface area contributed by atoms with Gasteiger partial charge in [-0.25, -0.2) is 0 Å². The largest absolute Gasteiger partial charge is 0.379 e. The number of hydrazone groups is 1. The molecule has 1 aliphatic rings. The molecule has 0 spiro atoms. The molecule has 2 nitrogen and oxygen atoms in total. The SMILES string of the molecule is CC(C)(C)/C(=C/[Si](C)(C)C)N1N=CC([Si](C)(C)C)[Si]1(F)C(C)(C)C. The maximum Gasteiger partial charge on any atom is 0.379 e. The second kappa shape index (κ2) is 6.20. The van der Waals surface area contributed by atoms with Gasteiger partial charge in [-0.3, -0.25) is 8.78 Å². The van der Waals surface area contributed by atoms with Crippen LogP contribution < -0.4 is 0 Å². The Morgan fingerprint density at radius 1 is 1.04 bits per heavy atom. The molecule has 0 aromatic carbocycles. The van der Waals surface area contributed by atoms with Gasteiger partial charge < -0.3 is 0 Å². The summed E-state index contributed by atoms with van der Waals surface area (Å²) in [6.45, 7) is 26.6. The Balaban J connectivity index is 3.61. The maximum atomic E-state index is 16.9. The van der Waals surface area contributed by atoms with Crippen molar-refractivity contribution >= 4 is 30.9 Å². The molecule has 0 N–H and O–H groups in total. The van der Waals surface area contributed by atoms with E-state index in [1.807, 2.05) is 10.9 Å². The normalized spacial score (nSPS) is 27.1. The molecule has 0 radical (unpaired) electrons. The number of halogens is 1. The van der Waals surface area contributed by atoms with Gasteiger partial charge in [-0.1, -0.05) is 86.5 Å². The molecular weight excluding hydrogens is 347 g/mol. The molecule has 0 saturated heterocycles. The fraction of sp³-hybridized carbons (Fsp3) is 0.833. The first-order valence-electron chi connectivity index (χ1n) is 9.08. The van der Waals surface area contributed by atoms with Gasteiger partial charge in [0.05, 0.1) is 16.1 Å². The summed E-state index contributed by atoms with van der Waals surface area (Å²) < 4.78 is 18.8. The lowest BCUT2D eigenvalue weighted by Gasteiger charge is -2.47. The molecule has 1 rings (SSSR count). The van der Waals surface area contributed by atoms with E-state index in [2.05, 4.69) is 86.5 Å². The molecule has 0 aliphatic carbocycles. The Labute approximate surface area is 152 Å². The quantitative estimate of drug-likeness (QED) is 0.396. The highest BCUT2D eigenvalue weighted by Gasteiger charge is 2.65. The van der Waals surface area contributed by atoms with E-state index in [1.165, 1.54) is 0 Å². The van der Waals surface area contributed by atoms with Crippen molar-refractivity contribution in [3.63, 3.8) is 0 Å². The average Bonchev–Trinajstić information content (AvgIpc) is 2.61. The number of hydrogen-bond donors (Lipinski definition) is 0. The molecule has 0 amide bonds. The first kappa shape index (κ1) is 21.8. The highest BCUT2D eigenvalue weighted by molar-refractivity contribution is 6.99. The maximum absolute atomic E-state index is 16.9. The van der Waals surface area contributed by atoms with E-state index in [0.29, 0.717) is 0 Å². The molecule has 0 aromatic rings. The average molecular weight is 387 g/mol. The molecule has 2 atom stereocenters. The zero-order valence-corrected chi connectivity index (χ0v) is 21.0. The van der Waals surface area contributed by atoms with Gasteiger partial charge >= 0.3 is 8.57 Å². The van der Waals surface area contributed by atoms with Crippen LogP contribution in [-0.2, 0) is 0 Å². The Kier molecular flexibility index (Phi) is 5.64. The minimum absolute atomic E-state index is 0.0254. The van der Waals surface area contributed by atoms with E-state index in [1.54, 1.807) is 0 Å². The summed E-state index contributed by atoms with van der Waals surface area (Å²) in [7, 11) is -6.52. The van der Waals surface area contributed by atoms with Crippen molar-refractivity contribution in [1.82, 2.24) is 4.67 Å². The molecule has 2 unspecified atom stereocenters. The number of rotatable bonds is 3. The first-order valence-corrected chi connectivity index (χ1v) is 18.1. The van der Waals surface area contributed by atoms with Crippen molar-refractivity contribution in [2.45, 2.75) is 91.0 Å². The van der Waals surface area contributed by atoms with Gasteiger partial charge in [-0.2, -0.15) is 5.10 Å². The second-order valence-electron chi connectivity index (χ2n) is 11.5. The lowest BCUT2D eigenvalue weighted by molar-refractivity contribution is 0.341. The Bertz CT molecular complexity index is 530. The molecule has 0 saturated carbocycles. The summed E-state index contributed by atoms with van der Waals surface area (Å²) >= 11 is 0. The lowest BCUT2D eigenvalue weighted by Crippen LogP contribution is -2.60. The monoisotopic (exact) mass is 386 g/mol. The summed E-state index contributed by atoms with van der Waals surface area (Å²) in [5.74, 6) is 0. The highest BCUT2D eigenvalue weighted by Crippen LogP contribution is 2.54. The minimum Gasteiger partial charge on any atom is -0.282 e. The summed E-state index contributed by atoms with van der Waals surface area (Å²) in [6, 6.07) is 0. The Morgan fingerprint density at radius 3 is 1.79 bits per heavy atom. The molecule has 140 valence electrons. The molecule has 1 aliphatic heterocycles. The third-order valence-electron chi connectivity index (χ3n) is 4.60. The van der Waals surface area contributed by atoms with Crippen LogP contribution in [-0.4, -0.2) is 35.6 Å². The van der Waals surface area contributed by atoms with Gasteiger partial charge in [-0.15, -0.1) is 0 Å². The minimum atomic E-state index is -3.33. The summed E-state index contributed by atoms with van der Waals surface area (Å²) in [5, 5.41) is 4.39. The van der Waals surface area contributed by atoms with Gasteiger partial charge in [0.1, 0.15) is 0 Å². The van der Waals surface area contributed by atoms with Crippen molar-refractivity contribution in [2.24, 2.45) is 10.5 Å². The predicted octanol–water partition coefficient (Wildman–Crippen LogP) is 6.55. The first-order chi connectivity index (χ1) is 10.3. The van der Waals surface area contributed by atoms with Gasteiger partial charge in [0, 0.05) is 27.5 Å². The topological polar surface area (TPSA) is 15.6 Å². The van der Waals surface area contributed by atoms with Gasteiger partial charge in [0.25, 0.3) is 0 Å². The van der Waals surface area contributed by atoms with Crippen LogP contribution in [0.5, 0.6) is 0 Å². The fourth-order valence-electron chi connectivity index (χ4n) is 3.27. The van der Waals surface area contributed by atoms with Crippen LogP contribution in [0.15, 0.2) is 16.5 Å². The zero-order valence-electron chi connectivity index (χ0n) is 18.0. The highest BCUT2D eigenvalue weighted by atomic mass is 28.4. The molecule has 1 heterocycles. The van der Waals surface area contributed by atoms with E-state index in [9.17, 15) is 0 Å². The van der Waals surface area contributed by atoms with E-state index < -0.39 is 24.7 Å². The van der Waals surface area contributed by atoms with Gasteiger partial charge in [-0.05, 0) is 0 Å². The zero-order chi connectivity index (χ0) is 19.4. The van der Waals surface area contributed by atoms with Crippen LogP contribution in [0, 0.1) is 5.41 Å². The van der Waals surface area contributed by atoms with Crippen molar-refractivity contribution in [2.75, 3.05) is 0 Å².